The van der Waals surface area contributed by atoms with E-state index in [1.807, 2.05) is 0 Å². The van der Waals surface area contributed by atoms with Gasteiger partial charge in [0, 0.05) is 83.3 Å². The minimum atomic E-state index is -2.45. The van der Waals surface area contributed by atoms with Crippen molar-refractivity contribution in [2.75, 3.05) is 52.6 Å². The summed E-state index contributed by atoms with van der Waals surface area (Å²) in [5.41, 5.74) is 7.75. The van der Waals surface area contributed by atoms with Gasteiger partial charge in [0.1, 0.15) is 0 Å². The number of hydrogen-bond acceptors (Lipinski definition) is 4. The maximum atomic E-state index is 7.22. The summed E-state index contributed by atoms with van der Waals surface area (Å²) < 4.78 is 22.1. The average molecular weight is 665 g/mol. The average Bonchev–Trinajstić information content (AvgIpc) is 3.47. The van der Waals surface area contributed by atoms with E-state index in [9.17, 15) is 0 Å². The van der Waals surface area contributed by atoms with Crippen LogP contribution in [0.3, 0.4) is 0 Å². The van der Waals surface area contributed by atoms with E-state index in [1.165, 1.54) is 55.1 Å². The quantitative estimate of drug-likeness (QED) is 0.287. The fourth-order valence-electron chi connectivity index (χ4n) is 7.62. The Hall–Kier alpha value is -1.86. The Morgan fingerprint density at radius 3 is 1.11 bits per heavy atom. The molecule has 6 nitrogen and oxygen atoms in total. The van der Waals surface area contributed by atoms with Crippen molar-refractivity contribution in [3.63, 3.8) is 0 Å². The number of nitrogens with zero attached hydrogens (tertiary/aromatic N) is 4. The molecule has 2 saturated heterocycles. The highest BCUT2D eigenvalue weighted by atomic mass is 32.4. The molecule has 7 rings (SSSR count). The van der Waals surface area contributed by atoms with Crippen LogP contribution < -0.4 is 21.2 Å². The van der Waals surface area contributed by atoms with Crippen molar-refractivity contribution >= 4 is 57.2 Å². The third-order valence-corrected chi connectivity index (χ3v) is 20.7. The van der Waals surface area contributed by atoms with Gasteiger partial charge in [-0.3, -0.25) is 9.34 Å². The van der Waals surface area contributed by atoms with Gasteiger partial charge in [-0.05, 0) is 38.8 Å². The van der Waals surface area contributed by atoms with Gasteiger partial charge in [0.25, 0.3) is 0 Å². The predicted octanol–water partition coefficient (Wildman–Crippen LogP) is 4.29. The molecule has 4 aromatic rings. The molecule has 44 heavy (non-hydrogen) atoms. The second kappa shape index (κ2) is 12.1. The van der Waals surface area contributed by atoms with Gasteiger partial charge in [0.2, 0.25) is 0 Å². The highest BCUT2D eigenvalue weighted by Crippen LogP contribution is 2.62. The van der Waals surface area contributed by atoms with Gasteiger partial charge >= 0.3 is 0 Å². The van der Waals surface area contributed by atoms with Crippen molar-refractivity contribution in [2.45, 2.75) is 40.8 Å². The van der Waals surface area contributed by atoms with E-state index in [-0.39, 0.29) is 0 Å². The lowest BCUT2D eigenvalue weighted by molar-refractivity contribution is 0.0751. The molecule has 5 heterocycles. The molecule has 0 amide bonds. The second-order valence-corrected chi connectivity index (χ2v) is 20.6. The number of aromatic nitrogens is 2. The summed E-state index contributed by atoms with van der Waals surface area (Å²) in [6, 6.07) is 21.6. The molecule has 0 N–H and O–H groups in total. The van der Waals surface area contributed by atoms with E-state index in [0.717, 1.165) is 39.3 Å². The van der Waals surface area contributed by atoms with Gasteiger partial charge in [-0.2, -0.15) is 0 Å². The summed E-state index contributed by atoms with van der Waals surface area (Å²) in [7, 11) is 0. The van der Waals surface area contributed by atoms with Crippen LogP contribution in [0.4, 0.5) is 0 Å². The van der Waals surface area contributed by atoms with Crippen LogP contribution in [0.2, 0.25) is 0 Å². The van der Waals surface area contributed by atoms with Crippen molar-refractivity contribution in [2.24, 2.45) is 0 Å². The van der Waals surface area contributed by atoms with E-state index in [0.29, 0.717) is 26.4 Å². The lowest BCUT2D eigenvalue weighted by atomic mass is 10.2. The first-order valence-electron chi connectivity index (χ1n) is 15.6. The Balaban J connectivity index is 1.54. The molecule has 3 aliphatic rings. The van der Waals surface area contributed by atoms with E-state index in [2.05, 4.69) is 107 Å². The summed E-state index contributed by atoms with van der Waals surface area (Å²) in [5, 5.41) is 5.46. The molecule has 0 aliphatic carbocycles. The zero-order valence-corrected chi connectivity index (χ0v) is 29.6. The normalized spacial score (nSPS) is 24.3. The number of fused-ring (bicyclic) bond motifs is 2. The van der Waals surface area contributed by atoms with Crippen LogP contribution in [0.25, 0.3) is 0 Å². The van der Waals surface area contributed by atoms with E-state index >= 15 is 0 Å². The van der Waals surface area contributed by atoms with Gasteiger partial charge in [0.15, 0.2) is 0 Å². The van der Waals surface area contributed by atoms with Crippen molar-refractivity contribution in [1.82, 2.24) is 18.5 Å². The number of morpholine rings is 2. The van der Waals surface area contributed by atoms with Crippen molar-refractivity contribution in [1.29, 1.82) is 0 Å². The fraction of sp³-hybridized carbons (Fsp3) is 0.412. The molecule has 10 heteroatoms. The molecule has 0 saturated carbocycles. The van der Waals surface area contributed by atoms with Crippen LogP contribution in [0.5, 0.6) is 0 Å². The Morgan fingerprint density at radius 2 is 0.818 bits per heavy atom. The van der Waals surface area contributed by atoms with Crippen LogP contribution in [-0.2, 0) is 46.2 Å². The van der Waals surface area contributed by atoms with Gasteiger partial charge in [-0.1, -0.05) is 84.3 Å². The Bertz CT molecular complexity index is 1590. The predicted molar refractivity (Wildman–Crippen MR) is 191 cm³/mol. The minimum absolute atomic E-state index is 0.714. The molecule has 0 spiro atoms. The van der Waals surface area contributed by atoms with Crippen molar-refractivity contribution in [3.8, 4) is 0 Å². The van der Waals surface area contributed by atoms with Crippen molar-refractivity contribution in [3.05, 3.63) is 94.6 Å². The first-order chi connectivity index (χ1) is 21.3. The van der Waals surface area contributed by atoms with Gasteiger partial charge < -0.3 is 18.6 Å². The van der Waals surface area contributed by atoms with Crippen molar-refractivity contribution < 1.29 is 9.47 Å². The topological polar surface area (TPSA) is 34.8 Å². The molecule has 0 bridgehead atoms. The van der Waals surface area contributed by atoms with Crippen LogP contribution in [-0.4, -0.2) is 71.1 Å². The lowest BCUT2D eigenvalue weighted by Gasteiger charge is -2.47. The van der Waals surface area contributed by atoms with Crippen LogP contribution >= 0.6 is 12.4 Å². The number of rotatable bonds is 6. The molecule has 3 aliphatic heterocycles. The first kappa shape index (κ1) is 30.8. The molecule has 2 aromatic heterocycles. The largest absolute Gasteiger partial charge is 0.379 e. The summed E-state index contributed by atoms with van der Waals surface area (Å²) in [6.45, 7) is 17.1. The third kappa shape index (κ3) is 4.72. The van der Waals surface area contributed by atoms with E-state index in [4.69, 9.17) is 33.1 Å². The standard InChI is InChI=1S/C34H42N4O2P2S2/c1-25-31-32(26(2)37(25)23-29-11-7-5-8-12-29)42(44,36-17-21-40-22-18-36)34-28(4)38(24-30-13-9-6-10-14-30)27(3)33(34)41(31,43)35-15-19-39-20-16-35/h5-14H,15-24H2,1-4H3. The SMILES string of the molecule is Cc1c2c(c(C)n1Cc1ccccc1)P(=S)(N1CCOCC1)c1c(c(C)n(Cc3ccccc3)c1C)P2(=S)N1CCOCC1. The smallest absolute Gasteiger partial charge is 0.0761 e. The van der Waals surface area contributed by atoms with Crippen LogP contribution in [0, 0.1) is 27.7 Å². The maximum Gasteiger partial charge on any atom is 0.0761 e. The molecule has 2 aromatic carbocycles. The maximum absolute atomic E-state index is 7.22. The third-order valence-electron chi connectivity index (χ3n) is 9.79. The van der Waals surface area contributed by atoms with Gasteiger partial charge in [-0.25, -0.2) is 0 Å². The summed E-state index contributed by atoms with van der Waals surface area (Å²) in [4.78, 5) is 0. The molecule has 2 fully saturated rings. The molecular formula is C34H42N4O2P2S2. The summed E-state index contributed by atoms with van der Waals surface area (Å²) >= 11 is 14.4. The number of benzene rings is 2. The van der Waals surface area contributed by atoms with Crippen LogP contribution in [0.15, 0.2) is 60.7 Å². The fourth-order valence-corrected chi connectivity index (χ4v) is 20.9. The highest BCUT2D eigenvalue weighted by molar-refractivity contribution is 8.27. The molecule has 0 radical (unpaired) electrons. The molecule has 0 unspecified atom stereocenters. The zero-order chi connectivity index (χ0) is 30.6. The lowest BCUT2D eigenvalue weighted by Crippen LogP contribution is -2.54. The summed E-state index contributed by atoms with van der Waals surface area (Å²) in [6.07, 6.45) is -4.90. The Morgan fingerprint density at radius 1 is 0.523 bits per heavy atom. The van der Waals surface area contributed by atoms with Gasteiger partial charge in [0.05, 0.1) is 38.8 Å². The molecule has 0 atom stereocenters. The van der Waals surface area contributed by atoms with E-state index in [1.54, 1.807) is 0 Å². The first-order valence-corrected chi connectivity index (χ1v) is 21.1. The number of hydrogen-bond donors (Lipinski definition) is 0. The molecular weight excluding hydrogens is 622 g/mol. The Labute approximate surface area is 272 Å². The second-order valence-electron chi connectivity index (χ2n) is 12.2. The molecule has 232 valence electrons. The highest BCUT2D eigenvalue weighted by Gasteiger charge is 2.52. The monoisotopic (exact) mass is 664 g/mol. The number of ether oxygens (including phenoxy) is 2. The zero-order valence-electron chi connectivity index (χ0n) is 26.2. The summed E-state index contributed by atoms with van der Waals surface area (Å²) in [5.74, 6) is 0. The van der Waals surface area contributed by atoms with Gasteiger partial charge in [-0.15, -0.1) is 0 Å². The van der Waals surface area contributed by atoms with E-state index < -0.39 is 12.4 Å². The Kier molecular flexibility index (Phi) is 8.43. The van der Waals surface area contributed by atoms with Crippen LogP contribution in [0.1, 0.15) is 33.9 Å². The minimum Gasteiger partial charge on any atom is -0.379 e.